The second kappa shape index (κ2) is 7.27. The average molecular weight is 310 g/mol. The molecular formula is C16H26N2O2S. The van der Waals surface area contributed by atoms with Crippen LogP contribution < -0.4 is 10.0 Å². The van der Waals surface area contributed by atoms with Crippen LogP contribution in [0.1, 0.15) is 44.1 Å². The van der Waals surface area contributed by atoms with Crippen LogP contribution in [0.3, 0.4) is 0 Å². The first-order valence-corrected chi connectivity index (χ1v) is 9.34. The van der Waals surface area contributed by atoms with E-state index in [2.05, 4.69) is 0 Å². The zero-order valence-electron chi connectivity index (χ0n) is 12.8. The Morgan fingerprint density at radius 3 is 2.33 bits per heavy atom. The Hall–Kier alpha value is -1.07. The van der Waals surface area contributed by atoms with Gasteiger partial charge in [0.05, 0.1) is 10.9 Å². The van der Waals surface area contributed by atoms with Crippen LogP contribution in [0.5, 0.6) is 0 Å². The predicted octanol–water partition coefficient (Wildman–Crippen LogP) is 2.81. The number of nitrogens with zero attached hydrogens (tertiary/aromatic N) is 1. The zero-order valence-corrected chi connectivity index (χ0v) is 13.6. The van der Waals surface area contributed by atoms with Crippen LogP contribution >= 0.6 is 0 Å². The predicted molar refractivity (Wildman–Crippen MR) is 88.0 cm³/mol. The van der Waals surface area contributed by atoms with Gasteiger partial charge in [0.1, 0.15) is 0 Å². The third kappa shape index (κ3) is 3.98. The zero-order chi connectivity index (χ0) is 15.3. The molecule has 5 heteroatoms. The highest BCUT2D eigenvalue weighted by Gasteiger charge is 2.32. The van der Waals surface area contributed by atoms with Crippen molar-refractivity contribution in [3.8, 4) is 0 Å². The van der Waals surface area contributed by atoms with Gasteiger partial charge in [-0.1, -0.05) is 37.0 Å². The molecule has 1 aromatic carbocycles. The molecule has 1 aliphatic carbocycles. The Morgan fingerprint density at radius 1 is 1.14 bits per heavy atom. The van der Waals surface area contributed by atoms with E-state index in [9.17, 15) is 8.42 Å². The van der Waals surface area contributed by atoms with Crippen molar-refractivity contribution in [3.63, 3.8) is 0 Å². The summed E-state index contributed by atoms with van der Waals surface area (Å²) in [5.74, 6) is 0. The molecule has 0 radical (unpaired) electrons. The first-order valence-electron chi connectivity index (χ1n) is 7.84. The number of hydrogen-bond donors (Lipinski definition) is 1. The van der Waals surface area contributed by atoms with Gasteiger partial charge in [-0.25, -0.2) is 8.42 Å². The maximum Gasteiger partial charge on any atom is 0.238 e. The molecular weight excluding hydrogens is 284 g/mol. The molecule has 2 rings (SSSR count). The van der Waals surface area contributed by atoms with Gasteiger partial charge in [0, 0.05) is 6.54 Å². The molecule has 0 spiro atoms. The van der Waals surface area contributed by atoms with Gasteiger partial charge in [0.25, 0.3) is 0 Å². The number of nitrogens with two attached hydrogens (primary N) is 1. The normalized spacial score (nSPS) is 16.9. The van der Waals surface area contributed by atoms with Gasteiger partial charge < -0.3 is 5.73 Å². The fourth-order valence-electron chi connectivity index (χ4n) is 2.89. The number of anilines is 1. The molecule has 4 nitrogen and oxygen atoms in total. The van der Waals surface area contributed by atoms with E-state index < -0.39 is 10.0 Å². The monoisotopic (exact) mass is 310 g/mol. The van der Waals surface area contributed by atoms with Crippen molar-refractivity contribution in [1.82, 2.24) is 0 Å². The fraction of sp³-hybridized carbons (Fsp3) is 0.625. The molecule has 0 aromatic heterocycles. The SMILES string of the molecule is Cc1ccc(N(CCCN)S(=O)(=O)C2CCCCC2)cc1. The molecule has 0 bridgehead atoms. The minimum Gasteiger partial charge on any atom is -0.330 e. The van der Waals surface area contributed by atoms with Crippen molar-refractivity contribution in [2.24, 2.45) is 5.73 Å². The van der Waals surface area contributed by atoms with E-state index in [4.69, 9.17) is 5.73 Å². The molecule has 21 heavy (non-hydrogen) atoms. The Labute approximate surface area is 128 Å². The van der Waals surface area contributed by atoms with E-state index in [0.29, 0.717) is 19.5 Å². The van der Waals surface area contributed by atoms with E-state index in [1.54, 1.807) is 4.31 Å². The van der Waals surface area contributed by atoms with Crippen LogP contribution in [0.15, 0.2) is 24.3 Å². The van der Waals surface area contributed by atoms with Crippen molar-refractivity contribution in [3.05, 3.63) is 29.8 Å². The third-order valence-electron chi connectivity index (χ3n) is 4.17. The maximum atomic E-state index is 13.0. The number of benzene rings is 1. The summed E-state index contributed by atoms with van der Waals surface area (Å²) in [5.41, 5.74) is 7.47. The molecule has 0 atom stereocenters. The fourth-order valence-corrected chi connectivity index (χ4v) is 4.98. The second-order valence-electron chi connectivity index (χ2n) is 5.85. The highest BCUT2D eigenvalue weighted by atomic mass is 32.2. The number of hydrogen-bond acceptors (Lipinski definition) is 3. The van der Waals surface area contributed by atoms with E-state index >= 15 is 0 Å². The summed E-state index contributed by atoms with van der Waals surface area (Å²) in [4.78, 5) is 0. The molecule has 1 fully saturated rings. The van der Waals surface area contributed by atoms with Gasteiger partial charge >= 0.3 is 0 Å². The summed E-state index contributed by atoms with van der Waals surface area (Å²) in [6, 6.07) is 7.71. The summed E-state index contributed by atoms with van der Waals surface area (Å²) in [6.45, 7) is 2.98. The lowest BCUT2D eigenvalue weighted by Crippen LogP contribution is -2.41. The molecule has 0 amide bonds. The quantitative estimate of drug-likeness (QED) is 0.878. The van der Waals surface area contributed by atoms with E-state index in [1.807, 2.05) is 31.2 Å². The van der Waals surface area contributed by atoms with Gasteiger partial charge in [0.15, 0.2) is 0 Å². The Balaban J connectivity index is 2.27. The van der Waals surface area contributed by atoms with Crippen LogP contribution in [0.2, 0.25) is 0 Å². The van der Waals surface area contributed by atoms with Crippen LogP contribution in [-0.4, -0.2) is 26.8 Å². The standard InChI is InChI=1S/C16H26N2O2S/c1-14-8-10-15(11-9-14)18(13-5-12-17)21(19,20)16-6-3-2-4-7-16/h8-11,16H,2-7,12-13,17H2,1H3. The summed E-state index contributed by atoms with van der Waals surface area (Å²) in [7, 11) is -3.28. The molecule has 2 N–H and O–H groups in total. The first-order chi connectivity index (χ1) is 10.1. The molecule has 118 valence electrons. The number of aryl methyl sites for hydroxylation is 1. The minimum absolute atomic E-state index is 0.231. The topological polar surface area (TPSA) is 63.4 Å². The van der Waals surface area contributed by atoms with Crippen molar-refractivity contribution in [2.45, 2.75) is 50.7 Å². The van der Waals surface area contributed by atoms with Crippen molar-refractivity contribution in [1.29, 1.82) is 0 Å². The highest BCUT2D eigenvalue weighted by molar-refractivity contribution is 7.93. The number of sulfonamides is 1. The summed E-state index contributed by atoms with van der Waals surface area (Å²) >= 11 is 0. The highest BCUT2D eigenvalue weighted by Crippen LogP contribution is 2.29. The van der Waals surface area contributed by atoms with Crippen molar-refractivity contribution < 1.29 is 8.42 Å². The minimum atomic E-state index is -3.28. The lowest BCUT2D eigenvalue weighted by molar-refractivity contribution is 0.481. The summed E-state index contributed by atoms with van der Waals surface area (Å²) in [5, 5.41) is -0.231. The Kier molecular flexibility index (Phi) is 5.65. The second-order valence-corrected chi connectivity index (χ2v) is 7.99. The largest absolute Gasteiger partial charge is 0.330 e. The van der Waals surface area contributed by atoms with Gasteiger partial charge in [-0.05, 0) is 44.9 Å². The average Bonchev–Trinajstić information content (AvgIpc) is 2.50. The van der Waals surface area contributed by atoms with Crippen molar-refractivity contribution >= 4 is 15.7 Å². The summed E-state index contributed by atoms with van der Waals surface area (Å²) in [6.07, 6.45) is 5.44. The Morgan fingerprint density at radius 2 is 1.76 bits per heavy atom. The third-order valence-corrected chi connectivity index (χ3v) is 6.49. The van der Waals surface area contributed by atoms with Gasteiger partial charge in [-0.3, -0.25) is 4.31 Å². The van der Waals surface area contributed by atoms with Crippen molar-refractivity contribution in [2.75, 3.05) is 17.4 Å². The molecule has 1 aromatic rings. The molecule has 0 saturated heterocycles. The van der Waals surface area contributed by atoms with Crippen LogP contribution in [-0.2, 0) is 10.0 Å². The smallest absolute Gasteiger partial charge is 0.238 e. The molecule has 0 unspecified atom stereocenters. The Bertz CT molecular complexity index is 534. The van der Waals surface area contributed by atoms with E-state index in [0.717, 1.165) is 43.4 Å². The van der Waals surface area contributed by atoms with Crippen LogP contribution in [0.25, 0.3) is 0 Å². The van der Waals surface area contributed by atoms with Gasteiger partial charge in [0.2, 0.25) is 10.0 Å². The molecule has 0 aliphatic heterocycles. The lowest BCUT2D eigenvalue weighted by Gasteiger charge is -2.31. The lowest BCUT2D eigenvalue weighted by atomic mass is 10.0. The molecule has 1 saturated carbocycles. The van der Waals surface area contributed by atoms with E-state index in [-0.39, 0.29) is 5.25 Å². The number of rotatable bonds is 6. The first kappa shape index (κ1) is 16.3. The summed E-state index contributed by atoms with van der Waals surface area (Å²) < 4.78 is 27.5. The van der Waals surface area contributed by atoms with Crippen LogP contribution in [0, 0.1) is 6.92 Å². The van der Waals surface area contributed by atoms with Gasteiger partial charge in [-0.2, -0.15) is 0 Å². The van der Waals surface area contributed by atoms with Crippen LogP contribution in [0.4, 0.5) is 5.69 Å². The molecule has 1 aliphatic rings. The van der Waals surface area contributed by atoms with E-state index in [1.165, 1.54) is 0 Å². The maximum absolute atomic E-state index is 13.0. The molecule has 0 heterocycles. The van der Waals surface area contributed by atoms with Gasteiger partial charge in [-0.15, -0.1) is 0 Å².